The molecule has 1 aliphatic rings. The Kier molecular flexibility index (Phi) is 10.3. The molecule has 5 heteroatoms. The van der Waals surface area contributed by atoms with E-state index in [9.17, 15) is 0 Å². The van der Waals surface area contributed by atoms with Crippen molar-refractivity contribution in [2.24, 2.45) is 5.92 Å². The topological polar surface area (TPSA) is 33.7 Å². The summed E-state index contributed by atoms with van der Waals surface area (Å²) in [5, 5.41) is 3.26. The summed E-state index contributed by atoms with van der Waals surface area (Å²) in [5.74, 6) is 1.83. The zero-order valence-corrected chi connectivity index (χ0v) is 15.2. The smallest absolute Gasteiger partial charge is 0.119 e. The van der Waals surface area contributed by atoms with Crippen LogP contribution in [0.2, 0.25) is 0 Å². The lowest BCUT2D eigenvalue weighted by atomic mass is 9.93. The Morgan fingerprint density at radius 2 is 1.83 bits per heavy atom. The fourth-order valence-corrected chi connectivity index (χ4v) is 2.97. The van der Waals surface area contributed by atoms with Crippen molar-refractivity contribution < 1.29 is 9.47 Å². The van der Waals surface area contributed by atoms with Gasteiger partial charge in [0.25, 0.3) is 0 Å². The van der Waals surface area contributed by atoms with E-state index in [0.29, 0.717) is 13.2 Å². The van der Waals surface area contributed by atoms with Crippen LogP contribution in [0.4, 0.5) is 0 Å². The molecule has 0 radical (unpaired) electrons. The average Bonchev–Trinajstić information content (AvgIpc) is 2.56. The number of benzene rings is 1. The largest absolute Gasteiger partial charge is 0.491 e. The maximum absolute atomic E-state index is 5.60. The number of nitrogens with one attached hydrogen (secondary N) is 1. The molecule has 0 aliphatic carbocycles. The highest BCUT2D eigenvalue weighted by Gasteiger charge is 2.18. The van der Waals surface area contributed by atoms with Gasteiger partial charge in [0.1, 0.15) is 12.4 Å². The van der Waals surface area contributed by atoms with Crippen LogP contribution < -0.4 is 10.1 Å². The monoisotopic (exact) mass is 342 g/mol. The van der Waals surface area contributed by atoms with Crippen molar-refractivity contribution in [1.82, 2.24) is 10.2 Å². The molecule has 1 aromatic carbocycles. The SMILES string of the molecule is CNCCC1CCN(Cc2ccc(OCCOC)cc2)CC1.Cl. The lowest BCUT2D eigenvalue weighted by Crippen LogP contribution is -2.34. The minimum atomic E-state index is 0. The molecule has 0 spiro atoms. The maximum atomic E-state index is 5.60. The van der Waals surface area contributed by atoms with Crippen LogP contribution in [0, 0.1) is 5.92 Å². The van der Waals surface area contributed by atoms with E-state index in [1.807, 2.05) is 7.05 Å². The van der Waals surface area contributed by atoms with Crippen LogP contribution in [-0.4, -0.2) is 51.9 Å². The number of ether oxygens (including phenoxy) is 2. The number of hydrogen-bond acceptors (Lipinski definition) is 4. The number of methoxy groups -OCH3 is 1. The van der Waals surface area contributed by atoms with Crippen molar-refractivity contribution in [3.8, 4) is 5.75 Å². The van der Waals surface area contributed by atoms with Gasteiger partial charge in [-0.15, -0.1) is 12.4 Å². The minimum absolute atomic E-state index is 0. The first-order valence-electron chi connectivity index (χ1n) is 8.39. The minimum Gasteiger partial charge on any atom is -0.491 e. The molecule has 0 saturated carbocycles. The second-order valence-electron chi connectivity index (χ2n) is 6.10. The number of likely N-dealkylation sites (tertiary alicyclic amines) is 1. The van der Waals surface area contributed by atoms with Crippen LogP contribution in [0.3, 0.4) is 0 Å². The van der Waals surface area contributed by atoms with Gasteiger partial charge in [-0.2, -0.15) is 0 Å². The molecule has 2 rings (SSSR count). The van der Waals surface area contributed by atoms with Crippen LogP contribution in [0.25, 0.3) is 0 Å². The molecular formula is C18H31ClN2O2. The lowest BCUT2D eigenvalue weighted by molar-refractivity contribution is 0.146. The second-order valence-corrected chi connectivity index (χ2v) is 6.10. The molecule has 0 atom stereocenters. The standard InChI is InChI=1S/C18H30N2O2.ClH/c1-19-10-7-16-8-11-20(12-9-16)15-17-3-5-18(6-4-17)22-14-13-21-2;/h3-6,16,19H,7-15H2,1-2H3;1H. The van der Waals surface area contributed by atoms with E-state index in [1.54, 1.807) is 7.11 Å². The molecule has 1 aromatic rings. The molecule has 0 unspecified atom stereocenters. The zero-order chi connectivity index (χ0) is 15.6. The zero-order valence-electron chi connectivity index (χ0n) is 14.4. The van der Waals surface area contributed by atoms with E-state index >= 15 is 0 Å². The Labute approximate surface area is 146 Å². The van der Waals surface area contributed by atoms with Gasteiger partial charge in [-0.25, -0.2) is 0 Å². The molecule has 0 amide bonds. The highest BCUT2D eigenvalue weighted by Crippen LogP contribution is 2.22. The van der Waals surface area contributed by atoms with Crippen molar-refractivity contribution in [3.63, 3.8) is 0 Å². The number of nitrogens with zero attached hydrogens (tertiary/aromatic N) is 1. The van der Waals surface area contributed by atoms with E-state index < -0.39 is 0 Å². The lowest BCUT2D eigenvalue weighted by Gasteiger charge is -2.32. The molecule has 1 aliphatic heterocycles. The van der Waals surface area contributed by atoms with Crippen LogP contribution in [0.15, 0.2) is 24.3 Å². The Morgan fingerprint density at radius 3 is 2.43 bits per heavy atom. The van der Waals surface area contributed by atoms with E-state index in [4.69, 9.17) is 9.47 Å². The highest BCUT2D eigenvalue weighted by atomic mass is 35.5. The second kappa shape index (κ2) is 11.7. The van der Waals surface area contributed by atoms with E-state index in [1.165, 1.54) is 37.9 Å². The number of piperidine rings is 1. The van der Waals surface area contributed by atoms with Gasteiger partial charge in [0.2, 0.25) is 0 Å². The first-order chi connectivity index (χ1) is 10.8. The summed E-state index contributed by atoms with van der Waals surface area (Å²) >= 11 is 0. The van der Waals surface area contributed by atoms with Crippen LogP contribution in [0.1, 0.15) is 24.8 Å². The van der Waals surface area contributed by atoms with Gasteiger partial charge in [0.05, 0.1) is 6.61 Å². The molecule has 0 bridgehead atoms. The number of halogens is 1. The fraction of sp³-hybridized carbons (Fsp3) is 0.667. The van der Waals surface area contributed by atoms with Crippen molar-refractivity contribution in [1.29, 1.82) is 0 Å². The summed E-state index contributed by atoms with van der Waals surface area (Å²) in [7, 11) is 3.73. The van der Waals surface area contributed by atoms with Gasteiger partial charge in [0.15, 0.2) is 0 Å². The predicted octanol–water partition coefficient (Wildman–Crippen LogP) is 2.96. The van der Waals surface area contributed by atoms with E-state index in [0.717, 1.165) is 24.8 Å². The van der Waals surface area contributed by atoms with Crippen molar-refractivity contribution in [2.45, 2.75) is 25.8 Å². The van der Waals surface area contributed by atoms with E-state index in [-0.39, 0.29) is 12.4 Å². The molecule has 1 heterocycles. The van der Waals surface area contributed by atoms with Crippen molar-refractivity contribution in [2.75, 3.05) is 47.0 Å². The molecule has 132 valence electrons. The Bertz CT molecular complexity index is 406. The summed E-state index contributed by atoms with van der Waals surface area (Å²) in [5.41, 5.74) is 1.37. The van der Waals surface area contributed by atoms with Crippen LogP contribution in [-0.2, 0) is 11.3 Å². The summed E-state index contributed by atoms with van der Waals surface area (Å²) in [6.45, 7) is 5.88. The van der Waals surface area contributed by atoms with Crippen molar-refractivity contribution >= 4 is 12.4 Å². The molecule has 0 aromatic heterocycles. The summed E-state index contributed by atoms with van der Waals surface area (Å²) in [4.78, 5) is 2.57. The number of rotatable bonds is 9. The normalized spacial score (nSPS) is 16.1. The molecule has 1 saturated heterocycles. The fourth-order valence-electron chi connectivity index (χ4n) is 2.97. The summed E-state index contributed by atoms with van der Waals surface area (Å²) < 4.78 is 10.6. The third-order valence-corrected chi connectivity index (χ3v) is 4.40. The quantitative estimate of drug-likeness (QED) is 0.700. The Hall–Kier alpha value is -0.810. The third-order valence-electron chi connectivity index (χ3n) is 4.40. The van der Waals surface area contributed by atoms with Gasteiger partial charge in [-0.05, 0) is 69.6 Å². The van der Waals surface area contributed by atoms with Crippen LogP contribution >= 0.6 is 12.4 Å². The number of hydrogen-bond donors (Lipinski definition) is 1. The van der Waals surface area contributed by atoms with Crippen LogP contribution in [0.5, 0.6) is 5.75 Å². The van der Waals surface area contributed by atoms with E-state index in [2.05, 4.69) is 34.5 Å². The van der Waals surface area contributed by atoms with Crippen molar-refractivity contribution in [3.05, 3.63) is 29.8 Å². The molecular weight excluding hydrogens is 312 g/mol. The van der Waals surface area contributed by atoms with Gasteiger partial charge >= 0.3 is 0 Å². The Morgan fingerprint density at radius 1 is 1.13 bits per heavy atom. The summed E-state index contributed by atoms with van der Waals surface area (Å²) in [6.07, 6.45) is 3.98. The first kappa shape index (κ1) is 20.2. The molecule has 23 heavy (non-hydrogen) atoms. The molecule has 1 N–H and O–H groups in total. The Balaban J connectivity index is 0.00000264. The predicted molar refractivity (Wildman–Crippen MR) is 97.6 cm³/mol. The first-order valence-corrected chi connectivity index (χ1v) is 8.39. The summed E-state index contributed by atoms with van der Waals surface area (Å²) in [6, 6.07) is 8.47. The third kappa shape index (κ3) is 7.53. The maximum Gasteiger partial charge on any atom is 0.119 e. The van der Waals surface area contributed by atoms with Gasteiger partial charge in [0, 0.05) is 13.7 Å². The molecule has 4 nitrogen and oxygen atoms in total. The van der Waals surface area contributed by atoms with Gasteiger partial charge in [-0.3, -0.25) is 4.90 Å². The van der Waals surface area contributed by atoms with Gasteiger partial charge < -0.3 is 14.8 Å². The highest BCUT2D eigenvalue weighted by molar-refractivity contribution is 5.85. The van der Waals surface area contributed by atoms with Gasteiger partial charge in [-0.1, -0.05) is 12.1 Å². The molecule has 1 fully saturated rings. The average molecular weight is 343 g/mol.